The summed E-state index contributed by atoms with van der Waals surface area (Å²) in [5.74, 6) is 0.161. The molecule has 0 bridgehead atoms. The van der Waals surface area contributed by atoms with Gasteiger partial charge in [-0.1, -0.05) is 26.0 Å². The fraction of sp³-hybridized carbons (Fsp3) is 0.455. The van der Waals surface area contributed by atoms with Gasteiger partial charge in [0.25, 0.3) is 0 Å². The molecule has 0 aliphatic carbocycles. The Kier molecular flexibility index (Phi) is 3.13. The van der Waals surface area contributed by atoms with Crippen LogP contribution < -0.4 is 5.73 Å². The average Bonchev–Trinajstić information content (AvgIpc) is 2.16. The number of phenolic OH excluding ortho intramolecular Hbond substituents is 1. The molecule has 1 aromatic rings. The van der Waals surface area contributed by atoms with E-state index in [9.17, 15) is 10.2 Å². The number of aliphatic hydroxyl groups excluding tert-OH is 1. The Morgan fingerprint density at radius 1 is 1.43 bits per heavy atom. The van der Waals surface area contributed by atoms with Gasteiger partial charge >= 0.3 is 0 Å². The molecule has 0 saturated carbocycles. The molecule has 78 valence electrons. The third-order valence-corrected chi connectivity index (χ3v) is 2.45. The van der Waals surface area contributed by atoms with Gasteiger partial charge in [-0.2, -0.15) is 0 Å². The summed E-state index contributed by atoms with van der Waals surface area (Å²) in [6, 6.07) is 6.62. The van der Waals surface area contributed by atoms with Crippen molar-refractivity contribution in [2.45, 2.75) is 20.0 Å². The first-order valence-corrected chi connectivity index (χ1v) is 4.64. The summed E-state index contributed by atoms with van der Waals surface area (Å²) in [4.78, 5) is 0. The molecule has 0 fully saturated rings. The van der Waals surface area contributed by atoms with Crippen molar-refractivity contribution >= 4 is 0 Å². The quantitative estimate of drug-likeness (QED) is 0.683. The summed E-state index contributed by atoms with van der Waals surface area (Å²) in [6.45, 7) is 4.17. The van der Waals surface area contributed by atoms with Crippen LogP contribution in [-0.2, 0) is 0 Å². The second-order valence-electron chi connectivity index (χ2n) is 4.19. The smallest absolute Gasteiger partial charge is 0.115 e. The highest BCUT2D eigenvalue weighted by atomic mass is 16.3. The summed E-state index contributed by atoms with van der Waals surface area (Å²) < 4.78 is 0. The normalized spacial score (nSPS) is 14.0. The third-order valence-electron chi connectivity index (χ3n) is 2.45. The number of phenols is 1. The van der Waals surface area contributed by atoms with Crippen LogP contribution in [0.15, 0.2) is 24.3 Å². The van der Waals surface area contributed by atoms with E-state index in [0.29, 0.717) is 12.1 Å². The van der Waals surface area contributed by atoms with Gasteiger partial charge in [0, 0.05) is 12.0 Å². The van der Waals surface area contributed by atoms with Crippen molar-refractivity contribution in [3.63, 3.8) is 0 Å². The van der Waals surface area contributed by atoms with Crippen molar-refractivity contribution in [1.29, 1.82) is 0 Å². The molecule has 0 heterocycles. The minimum absolute atomic E-state index is 0.161. The topological polar surface area (TPSA) is 66.5 Å². The van der Waals surface area contributed by atoms with E-state index in [1.165, 1.54) is 0 Å². The second kappa shape index (κ2) is 3.98. The number of hydrogen-bond donors (Lipinski definition) is 3. The molecule has 0 radical (unpaired) electrons. The monoisotopic (exact) mass is 195 g/mol. The number of benzene rings is 1. The maximum absolute atomic E-state index is 9.98. The lowest BCUT2D eigenvalue weighted by Gasteiger charge is -2.29. The van der Waals surface area contributed by atoms with Crippen molar-refractivity contribution in [2.75, 3.05) is 6.54 Å². The molecule has 0 aromatic heterocycles. The number of rotatable bonds is 3. The molecule has 3 nitrogen and oxygen atoms in total. The van der Waals surface area contributed by atoms with E-state index in [-0.39, 0.29) is 11.2 Å². The number of aromatic hydroxyl groups is 1. The van der Waals surface area contributed by atoms with Crippen LogP contribution in [0.1, 0.15) is 25.5 Å². The first-order chi connectivity index (χ1) is 6.47. The molecule has 14 heavy (non-hydrogen) atoms. The van der Waals surface area contributed by atoms with Crippen LogP contribution in [0.5, 0.6) is 5.75 Å². The number of hydrogen-bond acceptors (Lipinski definition) is 3. The van der Waals surface area contributed by atoms with E-state index in [1.807, 2.05) is 13.8 Å². The van der Waals surface area contributed by atoms with Crippen LogP contribution in [0, 0.1) is 5.41 Å². The molecule has 0 amide bonds. The molecule has 1 rings (SSSR count). The molecular formula is C11H17NO2. The Labute approximate surface area is 84.2 Å². The van der Waals surface area contributed by atoms with Gasteiger partial charge in [-0.25, -0.2) is 0 Å². The zero-order valence-electron chi connectivity index (χ0n) is 8.57. The fourth-order valence-electron chi connectivity index (χ4n) is 1.26. The molecule has 0 aliphatic heterocycles. The van der Waals surface area contributed by atoms with Crippen molar-refractivity contribution in [3.05, 3.63) is 29.8 Å². The Bertz CT molecular complexity index is 310. The highest BCUT2D eigenvalue weighted by molar-refractivity contribution is 5.29. The summed E-state index contributed by atoms with van der Waals surface area (Å²) in [5.41, 5.74) is 5.87. The fourth-order valence-corrected chi connectivity index (χ4v) is 1.26. The Morgan fingerprint density at radius 3 is 2.57 bits per heavy atom. The van der Waals surface area contributed by atoms with Gasteiger partial charge in [-0.05, 0) is 17.7 Å². The zero-order chi connectivity index (χ0) is 10.8. The van der Waals surface area contributed by atoms with Gasteiger partial charge in [0.05, 0.1) is 6.10 Å². The summed E-state index contributed by atoms with van der Waals surface area (Å²) in [5, 5.41) is 19.2. The van der Waals surface area contributed by atoms with Crippen molar-refractivity contribution < 1.29 is 10.2 Å². The largest absolute Gasteiger partial charge is 0.508 e. The molecule has 0 spiro atoms. The maximum Gasteiger partial charge on any atom is 0.115 e. The van der Waals surface area contributed by atoms with Gasteiger partial charge in [-0.3, -0.25) is 0 Å². The molecular weight excluding hydrogens is 178 g/mol. The lowest BCUT2D eigenvalue weighted by molar-refractivity contribution is 0.0553. The molecule has 1 aromatic carbocycles. The Hall–Kier alpha value is -1.06. The van der Waals surface area contributed by atoms with Crippen LogP contribution >= 0.6 is 0 Å². The minimum atomic E-state index is -0.653. The maximum atomic E-state index is 9.98. The lowest BCUT2D eigenvalue weighted by Crippen LogP contribution is -2.30. The van der Waals surface area contributed by atoms with Crippen LogP contribution in [-0.4, -0.2) is 16.8 Å². The molecule has 3 heteroatoms. The standard InChI is InChI=1S/C11H17NO2/c1-11(2,7-12)10(14)8-4-3-5-9(13)6-8/h3-6,10,13-14H,7,12H2,1-2H3. The molecule has 0 aliphatic rings. The minimum Gasteiger partial charge on any atom is -0.508 e. The van der Waals surface area contributed by atoms with Gasteiger partial charge in [0.1, 0.15) is 5.75 Å². The Morgan fingerprint density at radius 2 is 2.07 bits per heavy atom. The molecule has 1 atom stereocenters. The second-order valence-corrected chi connectivity index (χ2v) is 4.19. The highest BCUT2D eigenvalue weighted by Gasteiger charge is 2.27. The van der Waals surface area contributed by atoms with Crippen LogP contribution in [0.2, 0.25) is 0 Å². The van der Waals surface area contributed by atoms with E-state index >= 15 is 0 Å². The van der Waals surface area contributed by atoms with Crippen LogP contribution in [0.3, 0.4) is 0 Å². The van der Waals surface area contributed by atoms with Gasteiger partial charge < -0.3 is 15.9 Å². The predicted molar refractivity (Wildman–Crippen MR) is 55.9 cm³/mol. The first kappa shape index (κ1) is 11.0. The molecule has 0 saturated heterocycles. The van der Waals surface area contributed by atoms with Crippen LogP contribution in [0.25, 0.3) is 0 Å². The SMILES string of the molecule is CC(C)(CN)C(O)c1cccc(O)c1. The zero-order valence-corrected chi connectivity index (χ0v) is 8.57. The van der Waals surface area contributed by atoms with E-state index in [4.69, 9.17) is 5.73 Å². The van der Waals surface area contributed by atoms with Crippen molar-refractivity contribution in [3.8, 4) is 5.75 Å². The van der Waals surface area contributed by atoms with Crippen molar-refractivity contribution in [1.82, 2.24) is 0 Å². The van der Waals surface area contributed by atoms with E-state index in [1.54, 1.807) is 24.3 Å². The van der Waals surface area contributed by atoms with E-state index in [0.717, 1.165) is 0 Å². The predicted octanol–water partition coefficient (Wildman–Crippen LogP) is 1.41. The first-order valence-electron chi connectivity index (χ1n) is 4.64. The average molecular weight is 195 g/mol. The summed E-state index contributed by atoms with van der Waals surface area (Å²) in [6.07, 6.45) is -0.653. The van der Waals surface area contributed by atoms with Gasteiger partial charge in [0.15, 0.2) is 0 Å². The molecule has 4 N–H and O–H groups in total. The van der Waals surface area contributed by atoms with E-state index < -0.39 is 6.10 Å². The summed E-state index contributed by atoms with van der Waals surface area (Å²) >= 11 is 0. The Balaban J connectivity index is 2.94. The van der Waals surface area contributed by atoms with Crippen LogP contribution in [0.4, 0.5) is 0 Å². The van der Waals surface area contributed by atoms with Gasteiger partial charge in [-0.15, -0.1) is 0 Å². The lowest BCUT2D eigenvalue weighted by atomic mass is 9.83. The van der Waals surface area contributed by atoms with Crippen molar-refractivity contribution in [2.24, 2.45) is 11.1 Å². The number of nitrogens with two attached hydrogens (primary N) is 1. The molecule has 1 unspecified atom stereocenters. The third kappa shape index (κ3) is 2.25. The summed E-state index contributed by atoms with van der Waals surface area (Å²) in [7, 11) is 0. The highest BCUT2D eigenvalue weighted by Crippen LogP contribution is 2.33. The van der Waals surface area contributed by atoms with Gasteiger partial charge in [0.2, 0.25) is 0 Å². The number of aliphatic hydroxyl groups is 1. The van der Waals surface area contributed by atoms with E-state index in [2.05, 4.69) is 0 Å².